The van der Waals surface area contributed by atoms with Crippen molar-refractivity contribution in [2.45, 2.75) is 6.42 Å². The third kappa shape index (κ3) is 7.44. The maximum absolute atomic E-state index is 9.96. The molecule has 6 nitrogen and oxygen atoms in total. The Bertz CT molecular complexity index is 1140. The first-order valence-electron chi connectivity index (χ1n) is 10.1. The van der Waals surface area contributed by atoms with Crippen molar-refractivity contribution in [1.82, 2.24) is 9.29 Å². The number of nitriles is 1. The molecule has 0 amide bonds. The molecule has 0 spiro atoms. The molecule has 0 aliphatic rings. The molecule has 0 unspecified atom stereocenters. The Hall–Kier alpha value is -2.63. The molecule has 33 heavy (non-hydrogen) atoms. The minimum absolute atomic E-state index is 0.300. The van der Waals surface area contributed by atoms with Crippen LogP contribution < -0.4 is 14.8 Å². The molecule has 1 aromatic heterocycles. The van der Waals surface area contributed by atoms with Gasteiger partial charge in [0.1, 0.15) is 19.0 Å². The predicted octanol–water partition coefficient (Wildman–Crippen LogP) is 5.81. The molecular weight excluding hydrogens is 479 g/mol. The molecule has 1 heterocycles. The van der Waals surface area contributed by atoms with Crippen molar-refractivity contribution in [1.29, 1.82) is 5.26 Å². The van der Waals surface area contributed by atoms with Gasteiger partial charge in [-0.3, -0.25) is 9.52 Å². The van der Waals surface area contributed by atoms with Crippen LogP contribution in [-0.2, 0) is 4.79 Å². The van der Waals surface area contributed by atoms with Gasteiger partial charge in [0.05, 0.1) is 22.0 Å². The molecule has 2 aromatic carbocycles. The van der Waals surface area contributed by atoms with Crippen molar-refractivity contribution in [2.24, 2.45) is 0 Å². The van der Waals surface area contributed by atoms with E-state index < -0.39 is 0 Å². The van der Waals surface area contributed by atoms with Crippen LogP contribution in [0.2, 0.25) is 5.02 Å². The van der Waals surface area contributed by atoms with Crippen molar-refractivity contribution in [3.63, 3.8) is 0 Å². The fourth-order valence-electron chi connectivity index (χ4n) is 2.98. The molecule has 0 bridgehead atoms. The summed E-state index contributed by atoms with van der Waals surface area (Å²) in [5, 5.41) is 14.0. The molecule has 3 aromatic rings. The molecule has 0 fully saturated rings. The Morgan fingerprint density at radius 2 is 2.12 bits per heavy atom. The largest absolute Gasteiger partial charge is 0.489 e. The maximum Gasteiger partial charge on any atom is 0.155 e. The van der Waals surface area contributed by atoms with E-state index in [0.717, 1.165) is 41.5 Å². The zero-order valence-corrected chi connectivity index (χ0v) is 20.9. The zero-order chi connectivity index (χ0) is 24.2. The maximum atomic E-state index is 9.96. The summed E-state index contributed by atoms with van der Waals surface area (Å²) in [7, 11) is 1.89. The summed E-state index contributed by atoms with van der Waals surface area (Å²) < 4.78 is 10.5. The first-order valence-corrected chi connectivity index (χ1v) is 12.2. The number of nitrogens with zero attached hydrogens (tertiary/aromatic N) is 2. The van der Waals surface area contributed by atoms with Crippen LogP contribution in [0.1, 0.15) is 12.0 Å². The number of nitrogens with one attached hydrogen (secondary N) is 2. The number of ether oxygens (including phenoxy) is 1. The van der Waals surface area contributed by atoms with Gasteiger partial charge in [-0.25, -0.2) is 0 Å². The Kier molecular flexibility index (Phi) is 11.1. The summed E-state index contributed by atoms with van der Waals surface area (Å²) in [6, 6.07) is 13.8. The molecule has 0 saturated heterocycles. The fraction of sp³-hybridized carbons (Fsp3) is 0.250. The van der Waals surface area contributed by atoms with Crippen molar-refractivity contribution in [2.75, 3.05) is 37.7 Å². The number of aldehydes is 1. The minimum atomic E-state index is 0.300. The van der Waals surface area contributed by atoms with Crippen LogP contribution in [0.5, 0.6) is 5.75 Å². The standard InChI is InChI=1S/C18H15Cl2N3O.C6H11NOS/c1-22-14-2-3-17-12(8-14)4-6-23(17)15-9-13(11-21)18(16(20)10-15)24-7-5-19;1-6(5-8)3-4-7-9-2/h2-4,6,8-10,22H,5,7H2,1H3;5,7H,1,3-4H2,2H3. The number of benzene rings is 2. The lowest BCUT2D eigenvalue weighted by atomic mass is 10.2. The van der Waals surface area contributed by atoms with Gasteiger partial charge in [0.2, 0.25) is 0 Å². The van der Waals surface area contributed by atoms with Crippen molar-refractivity contribution < 1.29 is 9.53 Å². The average molecular weight is 505 g/mol. The van der Waals surface area contributed by atoms with Crippen molar-refractivity contribution >= 4 is 58.0 Å². The number of carbonyl (C=O) groups is 1. The summed E-state index contributed by atoms with van der Waals surface area (Å²) in [5.74, 6) is 0.705. The number of carbonyl (C=O) groups excluding carboxylic acids is 1. The third-order valence-electron chi connectivity index (χ3n) is 4.59. The van der Waals surface area contributed by atoms with Crippen LogP contribution in [0.4, 0.5) is 5.69 Å². The zero-order valence-electron chi connectivity index (χ0n) is 18.5. The molecule has 3 rings (SSSR count). The number of anilines is 1. The van der Waals surface area contributed by atoms with E-state index in [2.05, 4.69) is 28.8 Å². The summed E-state index contributed by atoms with van der Waals surface area (Å²) in [6.45, 7) is 4.65. The Balaban J connectivity index is 0.000000365. The number of halogens is 2. The van der Waals surface area contributed by atoms with E-state index in [-0.39, 0.29) is 0 Å². The van der Waals surface area contributed by atoms with E-state index in [9.17, 15) is 10.1 Å². The smallest absolute Gasteiger partial charge is 0.155 e. The monoisotopic (exact) mass is 504 g/mol. The third-order valence-corrected chi connectivity index (χ3v) is 5.52. The number of alkyl halides is 1. The number of fused-ring (bicyclic) bond motifs is 1. The highest BCUT2D eigenvalue weighted by Crippen LogP contribution is 2.33. The van der Waals surface area contributed by atoms with E-state index >= 15 is 0 Å². The highest BCUT2D eigenvalue weighted by Gasteiger charge is 2.13. The summed E-state index contributed by atoms with van der Waals surface area (Å²) in [6.07, 6.45) is 5.44. The number of rotatable bonds is 10. The summed E-state index contributed by atoms with van der Waals surface area (Å²) >= 11 is 13.5. The van der Waals surface area contributed by atoms with Gasteiger partial charge in [0.15, 0.2) is 5.75 Å². The molecular formula is C24H26Cl2N4O2S. The van der Waals surface area contributed by atoms with Gasteiger partial charge < -0.3 is 14.6 Å². The molecule has 0 aliphatic carbocycles. The van der Waals surface area contributed by atoms with Gasteiger partial charge in [-0.1, -0.05) is 30.1 Å². The molecule has 0 aliphatic heterocycles. The molecule has 174 valence electrons. The summed E-state index contributed by atoms with van der Waals surface area (Å²) in [4.78, 5) is 9.96. The molecule has 0 saturated carbocycles. The lowest BCUT2D eigenvalue weighted by Gasteiger charge is -2.12. The Morgan fingerprint density at radius 1 is 1.33 bits per heavy atom. The van der Waals surface area contributed by atoms with Crippen LogP contribution in [0.25, 0.3) is 16.6 Å². The molecule has 0 atom stereocenters. The second-order valence-corrected chi connectivity index (χ2v) is 8.27. The van der Waals surface area contributed by atoms with Gasteiger partial charge in [-0.2, -0.15) is 5.26 Å². The second-order valence-electron chi connectivity index (χ2n) is 6.79. The number of hydrogen-bond acceptors (Lipinski definition) is 6. The van der Waals surface area contributed by atoms with Crippen LogP contribution in [-0.4, -0.2) is 43.2 Å². The number of aromatic nitrogens is 1. The van der Waals surface area contributed by atoms with E-state index in [1.165, 1.54) is 0 Å². The SMILES string of the molecule is C=C(C=O)CCNSC.CNc1ccc2c(ccn2-c2cc(Cl)c(OCCCl)c(C#N)c2)c1. The highest BCUT2D eigenvalue weighted by atomic mass is 35.5. The average Bonchev–Trinajstić information content (AvgIpc) is 3.26. The van der Waals surface area contributed by atoms with Gasteiger partial charge in [-0.05, 0) is 54.6 Å². The molecule has 0 radical (unpaired) electrons. The lowest BCUT2D eigenvalue weighted by molar-refractivity contribution is -0.105. The van der Waals surface area contributed by atoms with Gasteiger partial charge >= 0.3 is 0 Å². The number of hydrogen-bond donors (Lipinski definition) is 2. The first-order chi connectivity index (χ1) is 16.0. The van der Waals surface area contributed by atoms with Crippen LogP contribution >= 0.6 is 35.1 Å². The van der Waals surface area contributed by atoms with E-state index in [4.69, 9.17) is 27.9 Å². The second kappa shape index (κ2) is 13.8. The van der Waals surface area contributed by atoms with E-state index in [1.807, 2.05) is 42.3 Å². The fourth-order valence-corrected chi connectivity index (χ4v) is 3.64. The topological polar surface area (TPSA) is 79.1 Å². The Labute approximate surface area is 208 Å². The van der Waals surface area contributed by atoms with Gasteiger partial charge in [0, 0.05) is 36.6 Å². The summed E-state index contributed by atoms with van der Waals surface area (Å²) in [5.41, 5.74) is 3.92. The normalized spacial score (nSPS) is 10.2. The quantitative estimate of drug-likeness (QED) is 0.119. The minimum Gasteiger partial charge on any atom is -0.489 e. The van der Waals surface area contributed by atoms with E-state index in [0.29, 0.717) is 34.4 Å². The van der Waals surface area contributed by atoms with Gasteiger partial charge in [-0.15, -0.1) is 11.6 Å². The lowest BCUT2D eigenvalue weighted by Crippen LogP contribution is -2.05. The highest BCUT2D eigenvalue weighted by molar-refractivity contribution is 7.96. The van der Waals surface area contributed by atoms with E-state index in [1.54, 1.807) is 24.1 Å². The van der Waals surface area contributed by atoms with Gasteiger partial charge in [0.25, 0.3) is 0 Å². The van der Waals surface area contributed by atoms with Crippen LogP contribution in [0.3, 0.4) is 0 Å². The molecule has 9 heteroatoms. The first kappa shape index (κ1) is 26.6. The van der Waals surface area contributed by atoms with Crippen LogP contribution in [0, 0.1) is 11.3 Å². The predicted molar refractivity (Wildman–Crippen MR) is 140 cm³/mol. The Morgan fingerprint density at radius 3 is 2.76 bits per heavy atom. The molecule has 2 N–H and O–H groups in total. The van der Waals surface area contributed by atoms with Crippen LogP contribution in [0.15, 0.2) is 54.7 Å². The van der Waals surface area contributed by atoms with Crippen molar-refractivity contribution in [3.05, 3.63) is 65.3 Å². The van der Waals surface area contributed by atoms with Crippen molar-refractivity contribution in [3.8, 4) is 17.5 Å².